The van der Waals surface area contributed by atoms with E-state index in [9.17, 15) is 34.8 Å². The van der Waals surface area contributed by atoms with Crippen molar-refractivity contribution >= 4 is 17.5 Å². The molecule has 0 radical (unpaired) electrons. The van der Waals surface area contributed by atoms with Gasteiger partial charge < -0.3 is 30.9 Å². The maximum absolute atomic E-state index is 13.9. The van der Waals surface area contributed by atoms with E-state index in [2.05, 4.69) is 18.7 Å². The number of aromatic hydroxyl groups is 1. The highest BCUT2D eigenvalue weighted by Gasteiger charge is 2.63. The Kier molecular flexibility index (Phi) is 7.78. The first-order valence-electron chi connectivity index (χ1n) is 13.6. The van der Waals surface area contributed by atoms with Crippen LogP contribution in [0.4, 0.5) is 0 Å². The first-order chi connectivity index (χ1) is 18.8. The molecule has 0 bridgehead atoms. The zero-order chi connectivity index (χ0) is 29.8. The highest BCUT2D eigenvalue weighted by atomic mass is 16.5. The predicted molar refractivity (Wildman–Crippen MR) is 146 cm³/mol. The molecule has 40 heavy (non-hydrogen) atoms. The molecule has 3 aliphatic rings. The lowest BCUT2D eigenvalue weighted by atomic mass is 9.58. The summed E-state index contributed by atoms with van der Waals surface area (Å²) in [6, 6.07) is 0.717. The molecule has 0 saturated heterocycles. The number of ether oxygens (including phenoxy) is 1. The minimum Gasteiger partial charge on any atom is -0.510 e. The second-order valence-electron chi connectivity index (χ2n) is 11.2. The van der Waals surface area contributed by atoms with Crippen LogP contribution in [0.5, 0.6) is 11.5 Å². The summed E-state index contributed by atoms with van der Waals surface area (Å²) in [4.78, 5) is 43.2. The van der Waals surface area contributed by atoms with Crippen LogP contribution in [0.1, 0.15) is 55.1 Å². The van der Waals surface area contributed by atoms with Crippen molar-refractivity contribution in [2.45, 2.75) is 64.3 Å². The Labute approximate surface area is 233 Å². The Hall–Kier alpha value is -3.41. The van der Waals surface area contributed by atoms with E-state index in [1.807, 2.05) is 6.92 Å². The lowest BCUT2D eigenvalue weighted by Gasteiger charge is -2.50. The largest absolute Gasteiger partial charge is 0.510 e. The summed E-state index contributed by atoms with van der Waals surface area (Å²) >= 11 is 0. The molecular formula is C29H39N3O8. The first kappa shape index (κ1) is 29.6. The van der Waals surface area contributed by atoms with Crippen molar-refractivity contribution in [2.75, 3.05) is 27.7 Å². The fourth-order valence-electron chi connectivity index (χ4n) is 6.79. The van der Waals surface area contributed by atoms with Crippen LogP contribution in [0.25, 0.3) is 0 Å². The number of aliphatic hydroxyl groups excluding tert-OH is 2. The van der Waals surface area contributed by atoms with Gasteiger partial charge in [0.15, 0.2) is 11.4 Å². The molecule has 0 heterocycles. The molecule has 0 spiro atoms. The zero-order valence-corrected chi connectivity index (χ0v) is 23.8. The van der Waals surface area contributed by atoms with Crippen LogP contribution in [-0.4, -0.2) is 93.1 Å². The maximum Gasteiger partial charge on any atom is 0.255 e. The van der Waals surface area contributed by atoms with Gasteiger partial charge in [0, 0.05) is 35.2 Å². The number of carbonyl (C=O) groups excluding carboxylic acids is 3. The number of nitrogens with two attached hydrogens (primary N) is 1. The van der Waals surface area contributed by atoms with E-state index < -0.39 is 58.0 Å². The van der Waals surface area contributed by atoms with Crippen molar-refractivity contribution < 1.29 is 39.5 Å². The predicted octanol–water partition coefficient (Wildman–Crippen LogP) is 1.75. The molecule has 3 aliphatic carbocycles. The highest BCUT2D eigenvalue weighted by Crippen LogP contribution is 2.53. The molecular weight excluding hydrogens is 518 g/mol. The molecule has 11 heteroatoms. The number of rotatable bonds is 8. The summed E-state index contributed by atoms with van der Waals surface area (Å²) < 4.78 is 5.79. The third kappa shape index (κ3) is 4.18. The van der Waals surface area contributed by atoms with Crippen LogP contribution >= 0.6 is 0 Å². The van der Waals surface area contributed by atoms with Gasteiger partial charge >= 0.3 is 0 Å². The summed E-state index contributed by atoms with van der Waals surface area (Å²) in [5.74, 6) is -6.30. The summed E-state index contributed by atoms with van der Waals surface area (Å²) in [7, 11) is 4.69. The van der Waals surface area contributed by atoms with Gasteiger partial charge in [-0.3, -0.25) is 24.2 Å². The van der Waals surface area contributed by atoms with E-state index in [1.54, 1.807) is 14.1 Å². The number of fused-ring (bicyclic) bond motifs is 3. The maximum atomic E-state index is 13.9. The van der Waals surface area contributed by atoms with Gasteiger partial charge in [0.2, 0.25) is 5.78 Å². The first-order valence-corrected chi connectivity index (χ1v) is 13.6. The zero-order valence-electron chi connectivity index (χ0n) is 23.8. The molecule has 0 aliphatic heterocycles. The Balaban J connectivity index is 1.90. The van der Waals surface area contributed by atoms with Gasteiger partial charge in [0.25, 0.3) is 5.91 Å². The molecule has 1 amide bonds. The van der Waals surface area contributed by atoms with Gasteiger partial charge in [-0.05, 0) is 58.8 Å². The fraction of sp³-hybridized carbons (Fsp3) is 0.552. The molecule has 1 aromatic rings. The number of benzene rings is 1. The molecule has 0 saturated carbocycles. The van der Waals surface area contributed by atoms with Gasteiger partial charge in [-0.2, -0.15) is 0 Å². The van der Waals surface area contributed by atoms with Gasteiger partial charge in [-0.25, -0.2) is 0 Å². The molecule has 4 rings (SSSR count). The quantitative estimate of drug-likeness (QED) is 0.296. The molecule has 1 aromatic carbocycles. The molecule has 11 nitrogen and oxygen atoms in total. The molecule has 0 aromatic heterocycles. The average Bonchev–Trinajstić information content (AvgIpc) is 2.88. The van der Waals surface area contributed by atoms with E-state index in [0.29, 0.717) is 23.4 Å². The van der Waals surface area contributed by atoms with Crippen LogP contribution in [0, 0.1) is 11.8 Å². The lowest BCUT2D eigenvalue weighted by Crippen LogP contribution is -2.63. The monoisotopic (exact) mass is 557 g/mol. The Morgan fingerprint density at radius 1 is 1.23 bits per heavy atom. The SMILES string of the molecule is CCC(C)N(CC)Cc1cc(O)c2c(c1OC)C[C@H]1C[C@H]3[C@H](N(C)C)C(O)=C(C(N)=O)C(=O)[C@@]3(O)C(O)=C1C2=O. The number of phenols is 1. The van der Waals surface area contributed by atoms with Crippen molar-refractivity contribution in [3.63, 3.8) is 0 Å². The third-order valence-electron chi connectivity index (χ3n) is 8.95. The number of hydrogen-bond donors (Lipinski definition) is 5. The standard InChI is InChI=1S/C29H39N3O8/c1-7-13(3)32(8-2)12-15-11-18(33)20-16(25(15)40-6)9-14-10-17-22(31(4)5)24(35)21(28(30)38)27(37)29(17,39)26(36)19(14)23(20)34/h11,13-14,17,22,33,35-36,39H,7-10,12H2,1-6H3,(H2,30,38)/t13?,14-,17-,22-,29-/m0/s1. The van der Waals surface area contributed by atoms with E-state index in [0.717, 1.165) is 13.0 Å². The Morgan fingerprint density at radius 2 is 1.88 bits per heavy atom. The fourth-order valence-corrected chi connectivity index (χ4v) is 6.79. The number of aliphatic hydroxyl groups is 3. The van der Waals surface area contributed by atoms with Crippen LogP contribution in [-0.2, 0) is 22.6 Å². The van der Waals surface area contributed by atoms with E-state index in [1.165, 1.54) is 18.1 Å². The number of likely N-dealkylation sites (N-methyl/N-ethyl adjacent to an activating group) is 1. The number of allylic oxidation sites excluding steroid dienone is 1. The number of amides is 1. The number of Topliss-reactive ketones (excluding diaryl/α,β-unsaturated/α-hetero) is 2. The highest BCUT2D eigenvalue weighted by molar-refractivity contribution is 6.24. The summed E-state index contributed by atoms with van der Waals surface area (Å²) in [6.45, 7) is 7.50. The summed E-state index contributed by atoms with van der Waals surface area (Å²) in [5, 5.41) is 45.1. The molecule has 5 atom stereocenters. The topological polar surface area (TPSA) is 174 Å². The van der Waals surface area contributed by atoms with E-state index in [-0.39, 0.29) is 35.8 Å². The summed E-state index contributed by atoms with van der Waals surface area (Å²) in [6.07, 6.45) is 1.12. The van der Waals surface area contributed by atoms with Gasteiger partial charge in [0.05, 0.1) is 18.7 Å². The lowest BCUT2D eigenvalue weighted by molar-refractivity contribution is -0.148. The number of nitrogens with zero attached hydrogens (tertiary/aromatic N) is 2. The second-order valence-corrected chi connectivity index (χ2v) is 11.2. The van der Waals surface area contributed by atoms with Crippen molar-refractivity contribution in [3.05, 3.63) is 45.4 Å². The van der Waals surface area contributed by atoms with Crippen LogP contribution in [0.3, 0.4) is 0 Å². The minimum atomic E-state index is -2.66. The van der Waals surface area contributed by atoms with Gasteiger partial charge in [0.1, 0.15) is 28.6 Å². The number of carbonyl (C=O) groups is 3. The summed E-state index contributed by atoms with van der Waals surface area (Å²) in [5.41, 5.74) is 2.82. The Morgan fingerprint density at radius 3 is 2.40 bits per heavy atom. The molecule has 6 N–H and O–H groups in total. The molecule has 1 unspecified atom stereocenters. The number of ketones is 2. The van der Waals surface area contributed by atoms with Crippen LogP contribution in [0.15, 0.2) is 28.7 Å². The number of primary amides is 1. The van der Waals surface area contributed by atoms with Crippen molar-refractivity contribution in [2.24, 2.45) is 17.6 Å². The number of methoxy groups -OCH3 is 1. The Bertz CT molecular complexity index is 1330. The molecule has 218 valence electrons. The van der Waals surface area contributed by atoms with E-state index >= 15 is 0 Å². The van der Waals surface area contributed by atoms with Crippen molar-refractivity contribution in [3.8, 4) is 11.5 Å². The average molecular weight is 558 g/mol. The van der Waals surface area contributed by atoms with Crippen LogP contribution < -0.4 is 10.5 Å². The normalized spacial score (nSPS) is 27.1. The van der Waals surface area contributed by atoms with Gasteiger partial charge in [-0.15, -0.1) is 0 Å². The molecule has 0 fully saturated rings. The number of hydrogen-bond acceptors (Lipinski definition) is 10. The van der Waals surface area contributed by atoms with E-state index in [4.69, 9.17) is 10.5 Å². The van der Waals surface area contributed by atoms with Crippen molar-refractivity contribution in [1.29, 1.82) is 0 Å². The van der Waals surface area contributed by atoms with Crippen molar-refractivity contribution in [1.82, 2.24) is 9.80 Å². The number of phenolic OH excluding ortho intramolecular Hbond substituents is 1. The van der Waals surface area contributed by atoms with Gasteiger partial charge in [-0.1, -0.05) is 13.8 Å². The minimum absolute atomic E-state index is 0.0217. The third-order valence-corrected chi connectivity index (χ3v) is 8.95. The van der Waals surface area contributed by atoms with Crippen LogP contribution in [0.2, 0.25) is 0 Å². The smallest absolute Gasteiger partial charge is 0.255 e. The second kappa shape index (κ2) is 10.5.